The summed E-state index contributed by atoms with van der Waals surface area (Å²) in [5.74, 6) is 3.34. The van der Waals surface area contributed by atoms with E-state index in [2.05, 4.69) is 372 Å². The Labute approximate surface area is 658 Å². The maximum atomic E-state index is 8.15. The van der Waals surface area contributed by atoms with Gasteiger partial charge in [0.05, 0.1) is 67.1 Å². The molecule has 532 valence electrons. The first kappa shape index (κ1) is 62.7. The van der Waals surface area contributed by atoms with Gasteiger partial charge in [-0.15, -0.1) is 0 Å². The first-order valence-electron chi connectivity index (χ1n) is 39.9. The van der Waals surface area contributed by atoms with Crippen LogP contribution in [0.4, 0.5) is 45.5 Å². The molecule has 0 unspecified atom stereocenters. The van der Waals surface area contributed by atoms with Crippen LogP contribution in [0.1, 0.15) is 33.4 Å². The van der Waals surface area contributed by atoms with E-state index in [0.29, 0.717) is 0 Å². The first-order valence-corrected chi connectivity index (χ1v) is 39.9. The molecule has 6 aliphatic heterocycles. The van der Waals surface area contributed by atoms with Crippen molar-refractivity contribution in [1.82, 2.24) is 18.3 Å². The van der Waals surface area contributed by atoms with E-state index in [1.165, 1.54) is 132 Å². The molecule has 0 fully saturated rings. The van der Waals surface area contributed by atoms with Crippen LogP contribution in [0, 0.1) is 41.5 Å². The number of para-hydroxylation sites is 9. The number of rotatable bonds is 5. The van der Waals surface area contributed by atoms with Gasteiger partial charge in [-0.1, -0.05) is 211 Å². The highest BCUT2D eigenvalue weighted by atomic mass is 16.5. The molecule has 0 bridgehead atoms. The Bertz CT molecular complexity index is 7660. The van der Waals surface area contributed by atoms with Gasteiger partial charge in [0.2, 0.25) is 0 Å². The minimum atomic E-state index is -0.340. The van der Waals surface area contributed by atoms with Crippen LogP contribution in [0.3, 0.4) is 0 Å². The lowest BCUT2D eigenvalue weighted by Gasteiger charge is -2.45. The number of anilines is 8. The zero-order valence-corrected chi connectivity index (χ0v) is 63.5. The van der Waals surface area contributed by atoms with Crippen molar-refractivity contribution in [2.45, 2.75) is 41.5 Å². The van der Waals surface area contributed by atoms with E-state index < -0.39 is 0 Å². The van der Waals surface area contributed by atoms with Crippen molar-refractivity contribution in [3.63, 3.8) is 0 Å². The molecule has 0 spiro atoms. The van der Waals surface area contributed by atoms with E-state index in [9.17, 15) is 0 Å². The molecule has 114 heavy (non-hydrogen) atoms. The van der Waals surface area contributed by atoms with E-state index in [0.717, 1.165) is 129 Å². The Balaban J connectivity index is 0.780. The van der Waals surface area contributed by atoms with Gasteiger partial charge >= 0.3 is 0 Å². The number of aryl methyl sites for hydroxylation is 6. The van der Waals surface area contributed by atoms with Gasteiger partial charge in [0.1, 0.15) is 23.0 Å². The minimum absolute atomic E-state index is 0.169. The Morgan fingerprint density at radius 2 is 0.614 bits per heavy atom. The van der Waals surface area contributed by atoms with E-state index >= 15 is 0 Å². The number of ether oxygens (including phenoxy) is 2. The number of nitrogens with one attached hydrogen (secondary N) is 1. The van der Waals surface area contributed by atoms with Crippen LogP contribution in [0.25, 0.3) is 110 Å². The van der Waals surface area contributed by atoms with E-state index in [1.54, 1.807) is 0 Å². The fourth-order valence-corrected chi connectivity index (χ4v) is 22.2. The molecule has 1 N–H and O–H groups in total. The van der Waals surface area contributed by atoms with Gasteiger partial charge in [-0.25, -0.2) is 0 Å². The van der Waals surface area contributed by atoms with Crippen molar-refractivity contribution in [2.24, 2.45) is 0 Å². The van der Waals surface area contributed by atoms with Gasteiger partial charge in [0.25, 0.3) is 20.1 Å². The van der Waals surface area contributed by atoms with Gasteiger partial charge in [0.15, 0.2) is 0 Å². The topological polar surface area (TPSA) is 56.7 Å². The number of benzene rings is 16. The average molecular weight is 1460 g/mol. The monoisotopic (exact) mass is 1460 g/mol. The summed E-state index contributed by atoms with van der Waals surface area (Å²) in [7, 11) is 0. The SMILES string of the molecule is Cc1cc(C)c(N2c3cc4c(cc3B3c5cc6c(cc5Oc5cc(-n7c8ccccc8c8ccccc87)cc2c53)N(c2c(C)cc(C)cc2C)c2cc(-n3c5ccccc5c5ccccc53)cc3c2B6c2ccccc2O3)B2c3c(cc(-n5c6ccccc6c6ccccc65)cc3-n3c5ccccc5c5cccc2c53)N4)c(C)c1. The summed E-state index contributed by atoms with van der Waals surface area (Å²) in [5.41, 5.74) is 40.3. The second kappa shape index (κ2) is 22.4. The molecule has 0 radical (unpaired) electrons. The molecule has 0 aliphatic carbocycles. The molecule has 6 aliphatic rings. The van der Waals surface area contributed by atoms with Crippen LogP contribution in [0.15, 0.2) is 297 Å². The van der Waals surface area contributed by atoms with Crippen LogP contribution in [0.2, 0.25) is 0 Å². The highest BCUT2D eigenvalue weighted by Crippen LogP contribution is 2.52. The second-order valence-electron chi connectivity index (χ2n) is 32.7. The molecule has 10 heterocycles. The average Bonchev–Trinajstić information content (AvgIpc) is 0.857. The molecule has 9 nitrogen and oxygen atoms in total. The van der Waals surface area contributed by atoms with Gasteiger partial charge in [-0.3, -0.25) is 0 Å². The Morgan fingerprint density at radius 3 is 1.11 bits per heavy atom. The number of fused-ring (bicyclic) bond motifs is 24. The molecule has 12 heteroatoms. The van der Waals surface area contributed by atoms with Crippen LogP contribution in [-0.2, 0) is 0 Å². The van der Waals surface area contributed by atoms with Crippen molar-refractivity contribution in [3.05, 3.63) is 331 Å². The standard InChI is InChI=1S/C102H68B3N7O2/c1-56-42-58(3)100(59(4)43-56)111-88-54-79-75(104-74-33-23-31-72-71-30-13-21-40-87(71)110(102(72)74)90-47-62(46-80(106-79)97(90)104)107-81-34-15-7-24-65(81)66-25-8-16-35-82(66)107)52-76(88)105-78-53-77-89(55-94(78)114-96-51-64(49-92(111)99(96)105)109-85-38-19-11-28-69(85)70-29-12-20-39-86(70)109)112(101-60(5)44-57(2)45-61(101)6)91-48-63(50-95-98(91)103(77)73-32-14-22-41-93(73)113-95)108-83-36-17-9-26-67(83)68-27-10-18-37-84(68)108/h7-55,106H,1-6H3. The summed E-state index contributed by atoms with van der Waals surface area (Å²) >= 11 is 0. The van der Waals surface area contributed by atoms with Crippen LogP contribution >= 0.6 is 0 Å². The van der Waals surface area contributed by atoms with Gasteiger partial charge in [-0.05, 0) is 192 Å². The highest BCUT2D eigenvalue weighted by molar-refractivity contribution is 7.04. The number of hydrogen-bond donors (Lipinski definition) is 1. The summed E-state index contributed by atoms with van der Waals surface area (Å²) in [6.07, 6.45) is 0. The molecule has 0 amide bonds. The van der Waals surface area contributed by atoms with E-state index in [1.807, 2.05) is 0 Å². The molecule has 26 rings (SSSR count). The summed E-state index contributed by atoms with van der Waals surface area (Å²) in [5, 5.41) is 14.1. The smallest absolute Gasteiger partial charge is 0.256 e. The maximum Gasteiger partial charge on any atom is 0.256 e. The Morgan fingerprint density at radius 1 is 0.246 bits per heavy atom. The normalized spacial score (nSPS) is 13.6. The molecule has 20 aromatic rings. The van der Waals surface area contributed by atoms with Crippen LogP contribution in [-0.4, -0.2) is 38.4 Å². The predicted octanol–water partition coefficient (Wildman–Crippen LogP) is 19.6. The van der Waals surface area contributed by atoms with Crippen LogP contribution < -0.4 is 73.8 Å². The molecular formula is C102H68B3N7O2. The zero-order chi connectivity index (χ0) is 75.1. The molecule has 0 saturated carbocycles. The molecular weight excluding hydrogens is 1390 g/mol. The lowest BCUT2D eigenvalue weighted by molar-refractivity contribution is 0.487. The molecule has 16 aromatic carbocycles. The van der Waals surface area contributed by atoms with E-state index in [-0.39, 0.29) is 20.1 Å². The molecule has 0 saturated heterocycles. The Kier molecular flexibility index (Phi) is 12.3. The second-order valence-corrected chi connectivity index (χ2v) is 32.7. The van der Waals surface area contributed by atoms with Crippen molar-refractivity contribution in [1.29, 1.82) is 0 Å². The van der Waals surface area contributed by atoms with Crippen molar-refractivity contribution < 1.29 is 9.47 Å². The fraction of sp³-hybridized carbons (Fsp3) is 0.0588. The third kappa shape index (κ3) is 8.15. The van der Waals surface area contributed by atoms with Gasteiger partial charge in [0, 0.05) is 107 Å². The molecule has 4 aromatic heterocycles. The van der Waals surface area contributed by atoms with Gasteiger partial charge < -0.3 is 42.9 Å². The lowest BCUT2D eigenvalue weighted by atomic mass is 9.29. The third-order valence-electron chi connectivity index (χ3n) is 26.2. The largest absolute Gasteiger partial charge is 0.458 e. The fourth-order valence-electron chi connectivity index (χ4n) is 22.2. The quantitative estimate of drug-likeness (QED) is 0.174. The van der Waals surface area contributed by atoms with Gasteiger partial charge in [-0.2, -0.15) is 0 Å². The van der Waals surface area contributed by atoms with Crippen molar-refractivity contribution in [2.75, 3.05) is 15.1 Å². The molecule has 0 atom stereocenters. The summed E-state index contributed by atoms with van der Waals surface area (Å²) in [6, 6.07) is 112. The summed E-state index contributed by atoms with van der Waals surface area (Å²) < 4.78 is 25.6. The Hall–Kier alpha value is -14.1. The minimum Gasteiger partial charge on any atom is -0.458 e. The third-order valence-corrected chi connectivity index (χ3v) is 26.2. The van der Waals surface area contributed by atoms with Crippen LogP contribution in [0.5, 0.6) is 23.0 Å². The van der Waals surface area contributed by atoms with Crippen molar-refractivity contribution >= 4 is 202 Å². The van der Waals surface area contributed by atoms with E-state index in [4.69, 9.17) is 9.47 Å². The summed E-state index contributed by atoms with van der Waals surface area (Å²) in [4.78, 5) is 5.21. The number of hydrogen-bond acceptors (Lipinski definition) is 5. The lowest BCUT2D eigenvalue weighted by Crippen LogP contribution is -2.65. The first-order chi connectivity index (χ1) is 56.0. The predicted molar refractivity (Wildman–Crippen MR) is 478 cm³/mol. The maximum absolute atomic E-state index is 8.15. The number of nitrogens with zero attached hydrogens (tertiary/aromatic N) is 6. The summed E-state index contributed by atoms with van der Waals surface area (Å²) in [6.45, 7) is 12.9. The van der Waals surface area contributed by atoms with Crippen molar-refractivity contribution in [3.8, 4) is 45.7 Å². The number of aromatic nitrogens is 4. The zero-order valence-electron chi connectivity index (χ0n) is 63.5. The highest BCUT2D eigenvalue weighted by Gasteiger charge is 2.50.